The van der Waals surface area contributed by atoms with Gasteiger partial charge in [-0.25, -0.2) is 0 Å². The largest absolute Gasteiger partial charge is 0.481 e. The van der Waals surface area contributed by atoms with E-state index in [1.807, 2.05) is 13.8 Å². The van der Waals surface area contributed by atoms with Crippen LogP contribution in [0.1, 0.15) is 57.1 Å². The Morgan fingerprint density at radius 3 is 2.65 bits per heavy atom. The van der Waals surface area contributed by atoms with Gasteiger partial charge in [0.2, 0.25) is 5.91 Å². The van der Waals surface area contributed by atoms with E-state index in [0.29, 0.717) is 19.4 Å². The molecule has 0 aliphatic carbocycles. The van der Waals surface area contributed by atoms with E-state index in [-0.39, 0.29) is 17.9 Å². The number of nitrogens with zero attached hydrogens (tertiary/aromatic N) is 1. The summed E-state index contributed by atoms with van der Waals surface area (Å²) in [7, 11) is 0. The summed E-state index contributed by atoms with van der Waals surface area (Å²) in [5.41, 5.74) is 0.762. The summed E-state index contributed by atoms with van der Waals surface area (Å²) in [6.07, 6.45) is 5.39. The Morgan fingerprint density at radius 2 is 2.00 bits per heavy atom. The Hall–Kier alpha value is -2.11. The lowest BCUT2D eigenvalue weighted by atomic mass is 10.1. The second kappa shape index (κ2) is 9.82. The van der Waals surface area contributed by atoms with Crippen LogP contribution < -0.4 is 10.9 Å². The average Bonchev–Trinajstić information content (AvgIpc) is 2.50. The van der Waals surface area contributed by atoms with Gasteiger partial charge >= 0.3 is 5.97 Å². The van der Waals surface area contributed by atoms with Crippen molar-refractivity contribution in [3.8, 4) is 0 Å². The molecule has 1 aromatic heterocycles. The zero-order chi connectivity index (χ0) is 17.2. The highest BCUT2D eigenvalue weighted by atomic mass is 16.4. The predicted octanol–water partition coefficient (Wildman–Crippen LogP) is 2.26. The molecule has 1 heterocycles. The summed E-state index contributed by atoms with van der Waals surface area (Å²) in [6.45, 7) is 4.37. The molecule has 0 fully saturated rings. The van der Waals surface area contributed by atoms with E-state index in [4.69, 9.17) is 5.11 Å². The molecule has 0 spiro atoms. The maximum absolute atomic E-state index is 12.4. The van der Waals surface area contributed by atoms with Crippen LogP contribution in [0.3, 0.4) is 0 Å². The summed E-state index contributed by atoms with van der Waals surface area (Å²) in [4.78, 5) is 34.8. The highest BCUT2D eigenvalue weighted by Gasteiger charge is 2.20. The highest BCUT2D eigenvalue weighted by molar-refractivity contribution is 5.80. The number of hydrogen-bond donors (Lipinski definition) is 2. The van der Waals surface area contributed by atoms with Crippen molar-refractivity contribution in [2.24, 2.45) is 0 Å². The first-order valence-corrected chi connectivity index (χ1v) is 8.14. The smallest absolute Gasteiger partial charge is 0.303 e. The van der Waals surface area contributed by atoms with Crippen molar-refractivity contribution in [3.05, 3.63) is 34.2 Å². The fourth-order valence-electron chi connectivity index (χ4n) is 2.44. The molecule has 0 aliphatic rings. The van der Waals surface area contributed by atoms with Crippen LogP contribution in [0, 0.1) is 6.92 Å². The fourth-order valence-corrected chi connectivity index (χ4v) is 2.44. The molecule has 0 aromatic carbocycles. The second-order valence-corrected chi connectivity index (χ2v) is 5.75. The molecular formula is C17H26N2O4. The van der Waals surface area contributed by atoms with Crippen LogP contribution in [0.4, 0.5) is 0 Å². The van der Waals surface area contributed by atoms with Crippen molar-refractivity contribution in [1.82, 2.24) is 9.88 Å². The van der Waals surface area contributed by atoms with Crippen LogP contribution in [0.2, 0.25) is 0 Å². The van der Waals surface area contributed by atoms with Gasteiger partial charge in [0.05, 0.1) is 0 Å². The Labute approximate surface area is 136 Å². The minimum Gasteiger partial charge on any atom is -0.481 e. The van der Waals surface area contributed by atoms with Crippen molar-refractivity contribution in [2.75, 3.05) is 6.54 Å². The average molecular weight is 322 g/mol. The molecule has 1 rings (SSSR count). The number of rotatable bonds is 10. The van der Waals surface area contributed by atoms with E-state index in [1.54, 1.807) is 12.3 Å². The molecule has 1 unspecified atom stereocenters. The van der Waals surface area contributed by atoms with Gasteiger partial charge in [-0.2, -0.15) is 0 Å². The number of carboxylic acid groups (broad SMARTS) is 1. The Morgan fingerprint density at radius 1 is 1.26 bits per heavy atom. The number of carboxylic acids is 1. The van der Waals surface area contributed by atoms with Gasteiger partial charge in [-0.1, -0.05) is 25.8 Å². The molecule has 0 saturated carbocycles. The number of aromatic nitrogens is 1. The first-order valence-electron chi connectivity index (χ1n) is 8.14. The van der Waals surface area contributed by atoms with Gasteiger partial charge in [0.25, 0.3) is 5.56 Å². The van der Waals surface area contributed by atoms with E-state index in [1.165, 1.54) is 10.6 Å². The van der Waals surface area contributed by atoms with Crippen LogP contribution in [0.15, 0.2) is 23.1 Å². The number of amides is 1. The monoisotopic (exact) mass is 322 g/mol. The number of aryl methyl sites for hydroxylation is 1. The number of unbranched alkanes of at least 4 members (excludes halogenated alkanes) is 2. The first-order chi connectivity index (χ1) is 11.0. The second-order valence-electron chi connectivity index (χ2n) is 5.75. The van der Waals surface area contributed by atoms with Crippen LogP contribution >= 0.6 is 0 Å². The van der Waals surface area contributed by atoms with Gasteiger partial charge in [-0.3, -0.25) is 14.4 Å². The molecule has 128 valence electrons. The molecular weight excluding hydrogens is 296 g/mol. The Kier molecular flexibility index (Phi) is 8.08. The molecule has 0 aliphatic heterocycles. The Balaban J connectivity index is 2.57. The molecule has 0 bridgehead atoms. The van der Waals surface area contributed by atoms with E-state index in [9.17, 15) is 14.4 Å². The predicted molar refractivity (Wildman–Crippen MR) is 88.5 cm³/mol. The highest BCUT2D eigenvalue weighted by Crippen LogP contribution is 2.13. The molecule has 2 N–H and O–H groups in total. The standard InChI is InChI=1S/C17H26N2O4/c1-3-7-14(19-12-13(2)9-10-15(19)20)17(23)18-11-6-4-5-8-16(21)22/h9-10,12,14H,3-8,11H2,1-2H3,(H,18,23)(H,21,22). The van der Waals surface area contributed by atoms with Crippen molar-refractivity contribution >= 4 is 11.9 Å². The summed E-state index contributed by atoms with van der Waals surface area (Å²) in [5.74, 6) is -0.950. The van der Waals surface area contributed by atoms with Gasteiger partial charge < -0.3 is 15.0 Å². The van der Waals surface area contributed by atoms with Crippen molar-refractivity contribution in [2.45, 2.75) is 58.4 Å². The van der Waals surface area contributed by atoms with Gasteiger partial charge in [0.1, 0.15) is 6.04 Å². The maximum atomic E-state index is 12.4. The lowest BCUT2D eigenvalue weighted by Crippen LogP contribution is -2.37. The van der Waals surface area contributed by atoms with Gasteiger partial charge in [0.15, 0.2) is 0 Å². The fraction of sp³-hybridized carbons (Fsp3) is 0.588. The molecule has 6 heteroatoms. The lowest BCUT2D eigenvalue weighted by molar-refractivity contribution is -0.137. The molecule has 1 atom stereocenters. The first kappa shape index (κ1) is 18.9. The third-order valence-electron chi connectivity index (χ3n) is 3.65. The van der Waals surface area contributed by atoms with Gasteiger partial charge in [-0.05, 0) is 31.7 Å². The van der Waals surface area contributed by atoms with Crippen LogP contribution in [0.25, 0.3) is 0 Å². The minimum absolute atomic E-state index is 0.155. The molecule has 0 radical (unpaired) electrons. The van der Waals surface area contributed by atoms with E-state index < -0.39 is 12.0 Å². The van der Waals surface area contributed by atoms with Gasteiger partial charge in [-0.15, -0.1) is 0 Å². The molecule has 1 amide bonds. The summed E-state index contributed by atoms with van der Waals surface area (Å²) >= 11 is 0. The normalized spacial score (nSPS) is 11.9. The molecule has 0 saturated heterocycles. The Bertz CT molecular complexity index is 580. The maximum Gasteiger partial charge on any atom is 0.303 e. The zero-order valence-corrected chi connectivity index (χ0v) is 13.9. The summed E-state index contributed by atoms with van der Waals surface area (Å²) < 4.78 is 1.50. The topological polar surface area (TPSA) is 88.4 Å². The molecule has 1 aromatic rings. The minimum atomic E-state index is -0.795. The van der Waals surface area contributed by atoms with Crippen LogP contribution in [-0.4, -0.2) is 28.1 Å². The van der Waals surface area contributed by atoms with Crippen molar-refractivity contribution in [1.29, 1.82) is 0 Å². The molecule has 6 nitrogen and oxygen atoms in total. The lowest BCUT2D eigenvalue weighted by Gasteiger charge is -2.19. The SMILES string of the molecule is CCCC(C(=O)NCCCCCC(=O)O)n1cc(C)ccc1=O. The summed E-state index contributed by atoms with van der Waals surface area (Å²) in [5, 5.41) is 11.4. The van der Waals surface area contributed by atoms with E-state index in [0.717, 1.165) is 24.8 Å². The van der Waals surface area contributed by atoms with Crippen molar-refractivity contribution in [3.63, 3.8) is 0 Å². The number of nitrogens with one attached hydrogen (secondary N) is 1. The van der Waals surface area contributed by atoms with E-state index in [2.05, 4.69) is 5.32 Å². The quantitative estimate of drug-likeness (QED) is 0.647. The number of carbonyl (C=O) groups is 2. The van der Waals surface area contributed by atoms with Crippen LogP contribution in [-0.2, 0) is 9.59 Å². The number of hydrogen-bond acceptors (Lipinski definition) is 3. The summed E-state index contributed by atoms with van der Waals surface area (Å²) in [6, 6.07) is 2.73. The van der Waals surface area contributed by atoms with E-state index >= 15 is 0 Å². The third-order valence-corrected chi connectivity index (χ3v) is 3.65. The third kappa shape index (κ3) is 6.67. The molecule has 23 heavy (non-hydrogen) atoms. The number of carbonyl (C=O) groups excluding carboxylic acids is 1. The van der Waals surface area contributed by atoms with Gasteiger partial charge in [0, 0.05) is 25.2 Å². The van der Waals surface area contributed by atoms with Crippen LogP contribution in [0.5, 0.6) is 0 Å². The number of pyridine rings is 1. The number of aliphatic carboxylic acids is 1. The van der Waals surface area contributed by atoms with Crippen molar-refractivity contribution < 1.29 is 14.7 Å². The zero-order valence-electron chi connectivity index (χ0n) is 13.9.